The number of carbonyl (C=O) groups excluding carboxylic acids is 1. The number of carboxylic acids is 1. The van der Waals surface area contributed by atoms with Gasteiger partial charge in [-0.2, -0.15) is 0 Å². The second-order valence-electron chi connectivity index (χ2n) is 10.1. The Bertz CT molecular complexity index is 1060. The molecular weight excluding hydrogens is 472 g/mol. The minimum atomic E-state index is -0.833. The van der Waals surface area contributed by atoms with Crippen molar-refractivity contribution in [1.29, 1.82) is 0 Å². The average molecular weight is 513 g/mol. The Morgan fingerprint density at radius 2 is 1.95 bits per heavy atom. The van der Waals surface area contributed by atoms with Crippen molar-refractivity contribution in [2.24, 2.45) is 18.7 Å². The van der Waals surface area contributed by atoms with E-state index in [4.69, 9.17) is 15.2 Å². The second-order valence-corrected chi connectivity index (χ2v) is 10.1. The first-order valence-electron chi connectivity index (χ1n) is 13.4. The number of likely N-dealkylation sites (tertiary alicyclic amines) is 1. The zero-order chi connectivity index (χ0) is 26.4. The number of nitrogens with zero attached hydrogens (tertiary/aromatic N) is 3. The number of aryl methyl sites for hydroxylation is 2. The van der Waals surface area contributed by atoms with Gasteiger partial charge >= 0.3 is 5.97 Å². The zero-order valence-electron chi connectivity index (χ0n) is 22.0. The van der Waals surface area contributed by atoms with E-state index in [0.29, 0.717) is 44.1 Å². The highest BCUT2D eigenvalue weighted by Crippen LogP contribution is 2.43. The van der Waals surface area contributed by atoms with Crippen LogP contribution in [0.25, 0.3) is 0 Å². The molecule has 202 valence electrons. The normalized spacial score (nSPS) is 20.9. The van der Waals surface area contributed by atoms with Crippen molar-refractivity contribution in [3.05, 3.63) is 47.8 Å². The third-order valence-corrected chi connectivity index (χ3v) is 7.71. The molecule has 2 aromatic rings. The number of unbranched alkanes of at least 4 members (excludes halogenated alkanes) is 1. The highest BCUT2D eigenvalue weighted by molar-refractivity contribution is 5.79. The Morgan fingerprint density at radius 3 is 2.65 bits per heavy atom. The van der Waals surface area contributed by atoms with Gasteiger partial charge in [0, 0.05) is 50.5 Å². The van der Waals surface area contributed by atoms with E-state index in [1.165, 1.54) is 0 Å². The molecule has 0 bridgehead atoms. The van der Waals surface area contributed by atoms with Gasteiger partial charge in [-0.3, -0.25) is 14.5 Å². The summed E-state index contributed by atoms with van der Waals surface area (Å²) in [4.78, 5) is 30.2. The molecule has 9 nitrogen and oxygen atoms in total. The average Bonchev–Trinajstić information content (AvgIpc) is 3.60. The van der Waals surface area contributed by atoms with Crippen LogP contribution in [0, 0.1) is 5.92 Å². The van der Waals surface area contributed by atoms with Crippen LogP contribution in [0.2, 0.25) is 0 Å². The number of rotatable bonds is 13. The van der Waals surface area contributed by atoms with E-state index >= 15 is 0 Å². The van der Waals surface area contributed by atoms with Crippen molar-refractivity contribution in [3.8, 4) is 11.5 Å². The third-order valence-electron chi connectivity index (χ3n) is 7.71. The lowest BCUT2D eigenvalue weighted by Crippen LogP contribution is -2.45. The number of hydrogen-bond donors (Lipinski definition) is 2. The molecule has 2 aliphatic heterocycles. The van der Waals surface area contributed by atoms with Crippen LogP contribution in [-0.4, -0.2) is 76.9 Å². The van der Waals surface area contributed by atoms with Gasteiger partial charge < -0.3 is 29.8 Å². The molecule has 4 rings (SSSR count). The van der Waals surface area contributed by atoms with E-state index in [1.54, 1.807) is 0 Å². The van der Waals surface area contributed by atoms with E-state index in [2.05, 4.69) is 22.5 Å². The smallest absolute Gasteiger partial charge is 0.308 e. The first-order valence-corrected chi connectivity index (χ1v) is 13.4. The summed E-state index contributed by atoms with van der Waals surface area (Å²) in [7, 11) is 2.00. The van der Waals surface area contributed by atoms with E-state index in [1.807, 2.05) is 42.4 Å². The summed E-state index contributed by atoms with van der Waals surface area (Å²) in [5.41, 5.74) is 7.78. The minimum absolute atomic E-state index is 0.0428. The molecule has 2 aliphatic rings. The number of aliphatic carboxylic acids is 1. The number of benzene rings is 1. The maximum atomic E-state index is 13.5. The lowest BCUT2D eigenvalue weighted by Gasteiger charge is -2.30. The molecule has 1 saturated heterocycles. The van der Waals surface area contributed by atoms with Crippen LogP contribution in [0.4, 0.5) is 0 Å². The summed E-state index contributed by atoms with van der Waals surface area (Å²) >= 11 is 0. The fraction of sp³-hybridized carbons (Fsp3) is 0.571. The lowest BCUT2D eigenvalue weighted by molar-refractivity contribution is -0.143. The number of fused-ring (bicyclic) bond motifs is 1. The van der Waals surface area contributed by atoms with Gasteiger partial charge in [-0.05, 0) is 62.1 Å². The molecule has 3 N–H and O–H groups in total. The van der Waals surface area contributed by atoms with Gasteiger partial charge in [0.2, 0.25) is 12.7 Å². The maximum absolute atomic E-state index is 13.5. The molecule has 1 unspecified atom stereocenters. The topological polar surface area (TPSA) is 110 Å². The fourth-order valence-corrected chi connectivity index (χ4v) is 5.65. The maximum Gasteiger partial charge on any atom is 0.308 e. The molecular formula is C28H40N4O5. The summed E-state index contributed by atoms with van der Waals surface area (Å²) in [6.45, 7) is 4.85. The number of ether oxygens (including phenoxy) is 2. The van der Waals surface area contributed by atoms with Gasteiger partial charge in [0.05, 0.1) is 12.5 Å². The van der Waals surface area contributed by atoms with Gasteiger partial charge in [-0.15, -0.1) is 0 Å². The Hall–Kier alpha value is -3.04. The molecule has 3 atom stereocenters. The van der Waals surface area contributed by atoms with Gasteiger partial charge in [0.15, 0.2) is 11.5 Å². The van der Waals surface area contributed by atoms with Crippen LogP contribution >= 0.6 is 0 Å². The summed E-state index contributed by atoms with van der Waals surface area (Å²) in [5, 5.41) is 10.4. The first-order chi connectivity index (χ1) is 17.9. The van der Waals surface area contributed by atoms with E-state index in [-0.39, 0.29) is 31.2 Å². The Kier molecular flexibility index (Phi) is 9.10. The SMILES string of the molecule is CCCCN(CCCN)C(=O)CN1C[C@H](c2ccc3c(c2)OCO3)C(C(=O)O)[C@@H]1CCc1cccn1C. The van der Waals surface area contributed by atoms with Crippen molar-refractivity contribution in [3.63, 3.8) is 0 Å². The quantitative estimate of drug-likeness (QED) is 0.425. The number of carbonyl (C=O) groups is 2. The number of carboxylic acid groups (broad SMARTS) is 1. The van der Waals surface area contributed by atoms with E-state index in [9.17, 15) is 14.7 Å². The van der Waals surface area contributed by atoms with Crippen molar-refractivity contribution in [2.45, 2.75) is 51.0 Å². The molecule has 9 heteroatoms. The van der Waals surface area contributed by atoms with E-state index < -0.39 is 11.9 Å². The Balaban J connectivity index is 1.59. The van der Waals surface area contributed by atoms with Crippen LogP contribution in [0.3, 0.4) is 0 Å². The van der Waals surface area contributed by atoms with Crippen molar-refractivity contribution >= 4 is 11.9 Å². The van der Waals surface area contributed by atoms with Crippen LogP contribution < -0.4 is 15.2 Å². The van der Waals surface area contributed by atoms with Gasteiger partial charge in [0.1, 0.15) is 0 Å². The molecule has 37 heavy (non-hydrogen) atoms. The summed E-state index contributed by atoms with van der Waals surface area (Å²) in [6, 6.07) is 9.48. The predicted molar refractivity (Wildman–Crippen MR) is 141 cm³/mol. The molecule has 0 radical (unpaired) electrons. The largest absolute Gasteiger partial charge is 0.481 e. The first kappa shape index (κ1) is 27.0. The second kappa shape index (κ2) is 12.5. The number of aromatic nitrogens is 1. The molecule has 0 aliphatic carbocycles. The van der Waals surface area contributed by atoms with Gasteiger partial charge in [0.25, 0.3) is 0 Å². The molecule has 0 saturated carbocycles. The van der Waals surface area contributed by atoms with Crippen molar-refractivity contribution < 1.29 is 24.2 Å². The lowest BCUT2D eigenvalue weighted by atomic mass is 9.83. The van der Waals surface area contributed by atoms with Crippen LogP contribution in [0.15, 0.2) is 36.5 Å². The summed E-state index contributed by atoms with van der Waals surface area (Å²) in [5.74, 6) is -0.369. The summed E-state index contributed by atoms with van der Waals surface area (Å²) in [6.07, 6.45) is 6.08. The van der Waals surface area contributed by atoms with Crippen molar-refractivity contribution in [1.82, 2.24) is 14.4 Å². The van der Waals surface area contributed by atoms with Gasteiger partial charge in [-0.1, -0.05) is 19.4 Å². The molecule has 3 heterocycles. The number of amides is 1. The molecule has 1 fully saturated rings. The van der Waals surface area contributed by atoms with Crippen LogP contribution in [-0.2, 0) is 23.1 Å². The Morgan fingerprint density at radius 1 is 1.16 bits per heavy atom. The van der Waals surface area contributed by atoms with Crippen molar-refractivity contribution in [2.75, 3.05) is 39.5 Å². The molecule has 1 aromatic carbocycles. The zero-order valence-corrected chi connectivity index (χ0v) is 22.0. The van der Waals surface area contributed by atoms with E-state index in [0.717, 1.165) is 36.9 Å². The standard InChI is InChI=1S/C28H40N4O5/c1-3-4-14-31(15-6-12-29)26(33)18-32-17-22(20-8-11-24-25(16-20)37-19-36-24)27(28(34)35)23(32)10-9-21-7-5-13-30(21)2/h5,7-8,11,13,16,22-23,27H,3-4,6,9-10,12,14-15,17-19,29H2,1-2H3,(H,34,35)/t22-,23+,27?/m1/s1. The van der Waals surface area contributed by atoms with Crippen LogP contribution in [0.1, 0.15) is 49.8 Å². The fourth-order valence-electron chi connectivity index (χ4n) is 5.65. The highest BCUT2D eigenvalue weighted by Gasteiger charge is 2.47. The molecule has 1 aromatic heterocycles. The third kappa shape index (κ3) is 6.27. The number of hydrogen-bond acceptors (Lipinski definition) is 6. The minimum Gasteiger partial charge on any atom is -0.481 e. The molecule has 0 spiro atoms. The number of nitrogens with two attached hydrogens (primary N) is 1. The Labute approximate surface area is 219 Å². The van der Waals surface area contributed by atoms with Crippen LogP contribution in [0.5, 0.6) is 11.5 Å². The monoisotopic (exact) mass is 512 g/mol. The molecule has 1 amide bonds. The van der Waals surface area contributed by atoms with Gasteiger partial charge in [-0.25, -0.2) is 0 Å². The highest BCUT2D eigenvalue weighted by atomic mass is 16.7. The summed E-state index contributed by atoms with van der Waals surface area (Å²) < 4.78 is 13.1. The predicted octanol–water partition coefficient (Wildman–Crippen LogP) is 2.83.